The summed E-state index contributed by atoms with van der Waals surface area (Å²) in [5, 5.41) is 29.7. The predicted molar refractivity (Wildman–Crippen MR) is 126 cm³/mol. The lowest BCUT2D eigenvalue weighted by molar-refractivity contribution is -0.138. The second-order valence-electron chi connectivity index (χ2n) is 9.94. The number of nitrogens with two attached hydrogens (primary N) is 1. The summed E-state index contributed by atoms with van der Waals surface area (Å²) in [6.07, 6.45) is 3.90. The summed E-state index contributed by atoms with van der Waals surface area (Å²) in [6.45, 7) is 0. The minimum absolute atomic E-state index is 0.0268. The van der Waals surface area contributed by atoms with Crippen molar-refractivity contribution in [1.82, 2.24) is 34.5 Å². The first-order chi connectivity index (χ1) is 16.8. The first kappa shape index (κ1) is 22.4. The molecule has 3 aromatic heterocycles. The molecule has 0 saturated carbocycles. The van der Waals surface area contributed by atoms with Gasteiger partial charge in [0.25, 0.3) is 5.91 Å². The van der Waals surface area contributed by atoms with Gasteiger partial charge in [-0.15, -0.1) is 0 Å². The van der Waals surface area contributed by atoms with Crippen LogP contribution in [0.1, 0.15) is 31.9 Å². The number of nitrogen functional groups attached to an aromatic ring is 1. The largest absolute Gasteiger partial charge is 0.387 e. The fourth-order valence-electron chi connectivity index (χ4n) is 5.97. The van der Waals surface area contributed by atoms with Crippen LogP contribution >= 0.6 is 0 Å². The molecule has 2 bridgehead atoms. The fraction of sp³-hybridized carbons (Fsp3) is 0.565. The topological polar surface area (TPSA) is 157 Å². The molecule has 6 heterocycles. The molecule has 0 radical (unpaired) electrons. The monoisotopic (exact) mass is 482 g/mol. The van der Waals surface area contributed by atoms with Crippen molar-refractivity contribution in [2.45, 2.75) is 68.3 Å². The van der Waals surface area contributed by atoms with E-state index in [-0.39, 0.29) is 11.9 Å². The van der Waals surface area contributed by atoms with E-state index in [0.29, 0.717) is 34.4 Å². The highest BCUT2D eigenvalue weighted by Crippen LogP contribution is 2.38. The summed E-state index contributed by atoms with van der Waals surface area (Å²) < 4.78 is 9.24. The van der Waals surface area contributed by atoms with Crippen molar-refractivity contribution in [2.75, 3.05) is 12.8 Å². The van der Waals surface area contributed by atoms with E-state index in [4.69, 9.17) is 10.5 Å². The number of anilines is 1. The molecule has 12 nitrogen and oxygen atoms in total. The maximum atomic E-state index is 13.1. The molecule has 3 aromatic rings. The summed E-state index contributed by atoms with van der Waals surface area (Å²) in [7, 11) is 3.95. The van der Waals surface area contributed by atoms with Crippen molar-refractivity contribution >= 4 is 22.8 Å². The molecule has 12 heteroatoms. The zero-order valence-electron chi connectivity index (χ0n) is 19.7. The lowest BCUT2D eigenvalue weighted by Crippen LogP contribution is -2.52. The van der Waals surface area contributed by atoms with Crippen LogP contribution in [0.2, 0.25) is 0 Å². The third-order valence-electron chi connectivity index (χ3n) is 7.84. The molecule has 3 aliphatic rings. The Labute approximate surface area is 201 Å². The summed E-state index contributed by atoms with van der Waals surface area (Å²) in [4.78, 5) is 24.0. The van der Waals surface area contributed by atoms with Crippen LogP contribution in [-0.4, -0.2) is 88.8 Å². The first-order valence-electron chi connectivity index (χ1n) is 12.0. The Morgan fingerprint density at radius 3 is 2.60 bits per heavy atom. The van der Waals surface area contributed by atoms with Crippen LogP contribution in [0.15, 0.2) is 24.8 Å². The third kappa shape index (κ3) is 3.59. The van der Waals surface area contributed by atoms with Crippen molar-refractivity contribution in [3.05, 3.63) is 24.8 Å². The van der Waals surface area contributed by atoms with Crippen LogP contribution in [0.4, 0.5) is 5.82 Å². The van der Waals surface area contributed by atoms with Crippen LogP contribution in [0, 0.1) is 0 Å². The molecule has 5 N–H and O–H groups in total. The first-order valence-corrected chi connectivity index (χ1v) is 12.0. The number of aryl methyl sites for hydroxylation is 1. The standard InChI is InChI=1S/C23H30N8O4/c1-29-6-5-15(28-29)14-9-31(21-16(14)20(24)25-10-26-21)23-18(33)17(32)19(35-23)22(34)27-11-7-12-3-4-13(8-11)30(12)2/h5-6,9-13,17-19,23,32-33H,3-4,7-8H2,1-2H3,(H,27,34)(H2,24,25,26)/t11?,12-,13+,17-,18+,19-,23+/m0/s1. The molecule has 0 aliphatic carbocycles. The van der Waals surface area contributed by atoms with Crippen LogP contribution in [-0.2, 0) is 16.6 Å². The molecule has 1 amide bonds. The number of hydrogen-bond acceptors (Lipinski definition) is 9. The Morgan fingerprint density at radius 2 is 1.91 bits per heavy atom. The number of carbonyl (C=O) groups excluding carboxylic acids is 1. The normalized spacial score (nSPS) is 33.0. The molecule has 1 unspecified atom stereocenters. The van der Waals surface area contributed by atoms with Crippen LogP contribution in [0.5, 0.6) is 0 Å². The average molecular weight is 483 g/mol. The summed E-state index contributed by atoms with van der Waals surface area (Å²) in [5.74, 6) is -0.155. The van der Waals surface area contributed by atoms with Gasteiger partial charge in [-0.3, -0.25) is 9.48 Å². The smallest absolute Gasteiger partial charge is 0.252 e. The average Bonchev–Trinajstić information content (AvgIpc) is 3.54. The van der Waals surface area contributed by atoms with E-state index in [1.807, 2.05) is 13.1 Å². The van der Waals surface area contributed by atoms with Gasteiger partial charge in [0.1, 0.15) is 30.0 Å². The van der Waals surface area contributed by atoms with Crippen molar-refractivity contribution in [1.29, 1.82) is 0 Å². The maximum absolute atomic E-state index is 13.1. The molecule has 7 atom stereocenters. The van der Waals surface area contributed by atoms with E-state index in [0.717, 1.165) is 25.7 Å². The molecule has 6 rings (SSSR count). The molecule has 0 spiro atoms. The van der Waals surface area contributed by atoms with E-state index < -0.39 is 30.4 Å². The number of aromatic nitrogens is 5. The lowest BCUT2D eigenvalue weighted by atomic mass is 9.97. The van der Waals surface area contributed by atoms with Gasteiger partial charge < -0.3 is 35.5 Å². The van der Waals surface area contributed by atoms with Gasteiger partial charge in [-0.1, -0.05) is 0 Å². The Kier molecular flexibility index (Phi) is 5.29. The van der Waals surface area contributed by atoms with Gasteiger partial charge in [-0.05, 0) is 38.8 Å². The molecular weight excluding hydrogens is 452 g/mol. The van der Waals surface area contributed by atoms with Gasteiger partial charge in [0.2, 0.25) is 0 Å². The van der Waals surface area contributed by atoms with E-state index in [2.05, 4.69) is 32.3 Å². The number of nitrogens with one attached hydrogen (secondary N) is 1. The molecule has 35 heavy (non-hydrogen) atoms. The number of amides is 1. The number of nitrogens with zero attached hydrogens (tertiary/aromatic N) is 6. The maximum Gasteiger partial charge on any atom is 0.252 e. The zero-order chi connectivity index (χ0) is 24.4. The quantitative estimate of drug-likeness (QED) is 0.394. The Bertz CT molecular complexity index is 1260. The number of ether oxygens (including phenoxy) is 1. The molecule has 3 aliphatic heterocycles. The van der Waals surface area contributed by atoms with E-state index in [1.54, 1.807) is 21.6 Å². The fourth-order valence-corrected chi connectivity index (χ4v) is 5.97. The highest BCUT2D eigenvalue weighted by molar-refractivity contribution is 5.99. The summed E-state index contributed by atoms with van der Waals surface area (Å²) in [5.41, 5.74) is 7.91. The minimum Gasteiger partial charge on any atom is -0.387 e. The molecule has 3 saturated heterocycles. The lowest BCUT2D eigenvalue weighted by Gasteiger charge is -2.37. The van der Waals surface area contributed by atoms with Crippen molar-refractivity contribution in [3.63, 3.8) is 0 Å². The molecule has 3 fully saturated rings. The van der Waals surface area contributed by atoms with Gasteiger partial charge in [0, 0.05) is 43.1 Å². The number of rotatable bonds is 4. The van der Waals surface area contributed by atoms with Crippen molar-refractivity contribution < 1.29 is 19.7 Å². The second kappa shape index (κ2) is 8.26. The summed E-state index contributed by atoms with van der Waals surface area (Å²) in [6, 6.07) is 2.79. The van der Waals surface area contributed by atoms with Gasteiger partial charge >= 0.3 is 0 Å². The molecule has 0 aromatic carbocycles. The second-order valence-corrected chi connectivity index (χ2v) is 9.94. The van der Waals surface area contributed by atoms with E-state index in [9.17, 15) is 15.0 Å². The van der Waals surface area contributed by atoms with Gasteiger partial charge in [0.05, 0.1) is 11.1 Å². The number of fused-ring (bicyclic) bond motifs is 3. The van der Waals surface area contributed by atoms with Gasteiger partial charge in [0.15, 0.2) is 12.3 Å². The SMILES string of the molecule is CN1[C@@H]2CC[C@H]1CC(NC(=O)[C@H]1O[C@@H](n3cc(-c4ccn(C)n4)c4c(N)ncnc43)[C@H](O)[C@@H]1O)C2. The van der Waals surface area contributed by atoms with Crippen LogP contribution < -0.4 is 11.1 Å². The zero-order valence-corrected chi connectivity index (χ0v) is 19.7. The number of piperidine rings is 1. The van der Waals surface area contributed by atoms with Gasteiger partial charge in [-0.25, -0.2) is 9.97 Å². The van der Waals surface area contributed by atoms with Crippen LogP contribution in [0.25, 0.3) is 22.3 Å². The highest BCUT2D eigenvalue weighted by Gasteiger charge is 2.49. The minimum atomic E-state index is -1.39. The van der Waals surface area contributed by atoms with Gasteiger partial charge in [-0.2, -0.15) is 5.10 Å². The molecule has 186 valence electrons. The van der Waals surface area contributed by atoms with E-state index in [1.165, 1.54) is 6.33 Å². The van der Waals surface area contributed by atoms with E-state index >= 15 is 0 Å². The summed E-state index contributed by atoms with van der Waals surface area (Å²) >= 11 is 0. The van der Waals surface area contributed by atoms with Crippen LogP contribution in [0.3, 0.4) is 0 Å². The Hall–Kier alpha value is -3.06. The van der Waals surface area contributed by atoms with Crippen molar-refractivity contribution in [3.8, 4) is 11.3 Å². The number of carbonyl (C=O) groups is 1. The number of hydrogen-bond donors (Lipinski definition) is 4. The molecular formula is C23H30N8O4. The predicted octanol–water partition coefficient (Wildman–Crippen LogP) is -0.225. The number of aliphatic hydroxyl groups excluding tert-OH is 2. The Balaban J connectivity index is 1.27. The Morgan fingerprint density at radius 1 is 1.17 bits per heavy atom. The number of aliphatic hydroxyl groups is 2. The highest BCUT2D eigenvalue weighted by atomic mass is 16.6. The van der Waals surface area contributed by atoms with Crippen molar-refractivity contribution in [2.24, 2.45) is 7.05 Å². The third-order valence-corrected chi connectivity index (χ3v) is 7.84.